The molecule has 0 spiro atoms. The van der Waals surface area contributed by atoms with Crippen LogP contribution in [-0.2, 0) is 10.0 Å². The van der Waals surface area contributed by atoms with Gasteiger partial charge in [0.1, 0.15) is 5.82 Å². The van der Waals surface area contributed by atoms with E-state index in [1.165, 1.54) is 12.3 Å². The van der Waals surface area contributed by atoms with Crippen molar-refractivity contribution in [1.82, 2.24) is 14.6 Å². The number of hydrogen-bond acceptors (Lipinski definition) is 5. The number of sulfonamides is 1. The van der Waals surface area contributed by atoms with Gasteiger partial charge in [-0.05, 0) is 46.5 Å². The third kappa shape index (κ3) is 5.85. The molecule has 114 valence electrons. The molecule has 1 rings (SSSR count). The summed E-state index contributed by atoms with van der Waals surface area (Å²) in [5, 5.41) is 3.00. The molecule has 0 saturated carbocycles. The number of anilines is 1. The lowest BCUT2D eigenvalue weighted by molar-refractivity contribution is 0.394. The Morgan fingerprint density at radius 3 is 2.70 bits per heavy atom. The van der Waals surface area contributed by atoms with E-state index < -0.39 is 10.0 Å². The number of unbranched alkanes of at least 4 members (excludes halogenated alkanes) is 1. The second kappa shape index (κ2) is 8.18. The molecule has 0 amide bonds. The SMILES string of the molecule is CCNc1cc(S(=O)(=O)NCCCCN(C)C)ccn1. The molecule has 1 aromatic rings. The largest absolute Gasteiger partial charge is 0.370 e. The Morgan fingerprint density at radius 1 is 1.30 bits per heavy atom. The van der Waals surface area contributed by atoms with E-state index in [0.717, 1.165) is 19.4 Å². The Balaban J connectivity index is 2.53. The number of nitrogens with zero attached hydrogens (tertiary/aromatic N) is 2. The summed E-state index contributed by atoms with van der Waals surface area (Å²) in [5.41, 5.74) is 0. The third-order valence-corrected chi connectivity index (χ3v) is 4.18. The molecule has 0 aliphatic carbocycles. The molecule has 0 aliphatic rings. The van der Waals surface area contributed by atoms with E-state index in [2.05, 4.69) is 19.9 Å². The van der Waals surface area contributed by atoms with E-state index in [0.29, 0.717) is 18.9 Å². The van der Waals surface area contributed by atoms with Crippen LogP contribution < -0.4 is 10.0 Å². The van der Waals surface area contributed by atoms with Gasteiger partial charge in [-0.3, -0.25) is 0 Å². The Kier molecular flexibility index (Phi) is 6.90. The summed E-state index contributed by atoms with van der Waals surface area (Å²) in [7, 11) is 0.561. The van der Waals surface area contributed by atoms with Gasteiger partial charge in [0.05, 0.1) is 4.90 Å². The zero-order valence-corrected chi connectivity index (χ0v) is 13.2. The van der Waals surface area contributed by atoms with E-state index in [4.69, 9.17) is 0 Å². The minimum atomic E-state index is -3.45. The zero-order chi connectivity index (χ0) is 15.0. The molecule has 0 unspecified atom stereocenters. The van der Waals surface area contributed by atoms with Crippen LogP contribution in [0.5, 0.6) is 0 Å². The first-order valence-electron chi connectivity index (χ1n) is 6.80. The van der Waals surface area contributed by atoms with E-state index in [-0.39, 0.29) is 4.90 Å². The number of rotatable bonds is 9. The van der Waals surface area contributed by atoms with Crippen molar-refractivity contribution in [3.8, 4) is 0 Å². The molecule has 2 N–H and O–H groups in total. The van der Waals surface area contributed by atoms with Crippen LogP contribution in [0.1, 0.15) is 19.8 Å². The second-order valence-electron chi connectivity index (χ2n) is 4.82. The molecular formula is C13H24N4O2S. The lowest BCUT2D eigenvalue weighted by Crippen LogP contribution is -2.25. The monoisotopic (exact) mass is 300 g/mol. The number of pyridine rings is 1. The average molecular weight is 300 g/mol. The molecule has 0 aliphatic heterocycles. The Hall–Kier alpha value is -1.18. The highest BCUT2D eigenvalue weighted by Crippen LogP contribution is 2.12. The highest BCUT2D eigenvalue weighted by molar-refractivity contribution is 7.89. The van der Waals surface area contributed by atoms with Gasteiger partial charge in [-0.25, -0.2) is 18.1 Å². The predicted molar refractivity (Wildman–Crippen MR) is 81.4 cm³/mol. The van der Waals surface area contributed by atoms with Crippen molar-refractivity contribution in [1.29, 1.82) is 0 Å². The van der Waals surface area contributed by atoms with Gasteiger partial charge in [0.25, 0.3) is 0 Å². The van der Waals surface area contributed by atoms with Crippen molar-refractivity contribution in [2.75, 3.05) is 39.0 Å². The first-order valence-corrected chi connectivity index (χ1v) is 8.28. The molecule has 1 aromatic heterocycles. The van der Waals surface area contributed by atoms with Crippen LogP contribution in [0.4, 0.5) is 5.82 Å². The zero-order valence-electron chi connectivity index (χ0n) is 12.4. The van der Waals surface area contributed by atoms with Crippen molar-refractivity contribution < 1.29 is 8.42 Å². The molecule has 6 nitrogen and oxygen atoms in total. The van der Waals surface area contributed by atoms with E-state index in [1.807, 2.05) is 21.0 Å². The molecule has 1 heterocycles. The quantitative estimate of drug-likeness (QED) is 0.669. The second-order valence-corrected chi connectivity index (χ2v) is 6.58. The van der Waals surface area contributed by atoms with Crippen LogP contribution in [0.2, 0.25) is 0 Å². The minimum Gasteiger partial charge on any atom is -0.370 e. The Labute approximate surface area is 121 Å². The maximum absolute atomic E-state index is 12.1. The smallest absolute Gasteiger partial charge is 0.240 e. The summed E-state index contributed by atoms with van der Waals surface area (Å²) in [4.78, 5) is 6.39. The van der Waals surface area contributed by atoms with Gasteiger partial charge in [-0.1, -0.05) is 0 Å². The third-order valence-electron chi connectivity index (χ3n) is 2.72. The van der Waals surface area contributed by atoms with Crippen LogP contribution in [0.3, 0.4) is 0 Å². The first kappa shape index (κ1) is 16.9. The van der Waals surface area contributed by atoms with E-state index in [1.54, 1.807) is 6.07 Å². The topological polar surface area (TPSA) is 74.3 Å². The molecule has 20 heavy (non-hydrogen) atoms. The van der Waals surface area contributed by atoms with Crippen molar-refractivity contribution in [2.24, 2.45) is 0 Å². The maximum Gasteiger partial charge on any atom is 0.240 e. The predicted octanol–water partition coefficient (Wildman–Crippen LogP) is 1.13. The van der Waals surface area contributed by atoms with Crippen molar-refractivity contribution in [2.45, 2.75) is 24.7 Å². The van der Waals surface area contributed by atoms with Gasteiger partial charge in [0.2, 0.25) is 10.0 Å². The normalized spacial score (nSPS) is 11.8. The van der Waals surface area contributed by atoms with Gasteiger partial charge in [-0.15, -0.1) is 0 Å². The summed E-state index contributed by atoms with van der Waals surface area (Å²) < 4.78 is 26.8. The van der Waals surface area contributed by atoms with Crippen molar-refractivity contribution in [3.05, 3.63) is 18.3 Å². The van der Waals surface area contributed by atoms with Crippen LogP contribution in [0.15, 0.2) is 23.2 Å². The lowest BCUT2D eigenvalue weighted by atomic mass is 10.3. The van der Waals surface area contributed by atoms with Crippen LogP contribution in [-0.4, -0.2) is 52.0 Å². The molecule has 0 saturated heterocycles. The Bertz CT molecular complexity index is 503. The summed E-state index contributed by atoms with van der Waals surface area (Å²) in [5.74, 6) is 0.572. The maximum atomic E-state index is 12.1. The fraction of sp³-hybridized carbons (Fsp3) is 0.615. The van der Waals surface area contributed by atoms with Gasteiger partial charge in [-0.2, -0.15) is 0 Å². The highest BCUT2D eigenvalue weighted by atomic mass is 32.2. The minimum absolute atomic E-state index is 0.246. The van der Waals surface area contributed by atoms with Crippen LogP contribution in [0.25, 0.3) is 0 Å². The average Bonchev–Trinajstić information content (AvgIpc) is 2.38. The Morgan fingerprint density at radius 2 is 2.05 bits per heavy atom. The van der Waals surface area contributed by atoms with E-state index >= 15 is 0 Å². The summed E-state index contributed by atoms with van der Waals surface area (Å²) >= 11 is 0. The first-order chi connectivity index (χ1) is 9.45. The summed E-state index contributed by atoms with van der Waals surface area (Å²) in [6.07, 6.45) is 3.29. The highest BCUT2D eigenvalue weighted by Gasteiger charge is 2.13. The molecule has 0 atom stereocenters. The molecule has 0 fully saturated rings. The van der Waals surface area contributed by atoms with Crippen LogP contribution in [0, 0.1) is 0 Å². The van der Waals surface area contributed by atoms with Gasteiger partial charge < -0.3 is 10.2 Å². The van der Waals surface area contributed by atoms with Crippen molar-refractivity contribution >= 4 is 15.8 Å². The number of aromatic nitrogens is 1. The van der Waals surface area contributed by atoms with Crippen LogP contribution >= 0.6 is 0 Å². The lowest BCUT2D eigenvalue weighted by Gasteiger charge is -2.10. The molecular weight excluding hydrogens is 276 g/mol. The van der Waals surface area contributed by atoms with Gasteiger partial charge >= 0.3 is 0 Å². The fourth-order valence-corrected chi connectivity index (χ4v) is 2.79. The fourth-order valence-electron chi connectivity index (χ4n) is 1.70. The molecule has 0 radical (unpaired) electrons. The molecule has 7 heteroatoms. The van der Waals surface area contributed by atoms with Gasteiger partial charge in [0, 0.05) is 25.4 Å². The summed E-state index contributed by atoms with van der Waals surface area (Å²) in [6.45, 7) is 4.05. The number of hydrogen-bond donors (Lipinski definition) is 2. The number of nitrogens with one attached hydrogen (secondary N) is 2. The standard InChI is InChI=1S/C13H24N4O2S/c1-4-14-13-11-12(7-9-15-13)20(18,19)16-8-5-6-10-17(2)3/h7,9,11,16H,4-6,8,10H2,1-3H3,(H,14,15). The molecule has 0 bridgehead atoms. The van der Waals surface area contributed by atoms with E-state index in [9.17, 15) is 8.42 Å². The summed E-state index contributed by atoms with van der Waals surface area (Å²) in [6, 6.07) is 3.05. The van der Waals surface area contributed by atoms with Crippen molar-refractivity contribution in [3.63, 3.8) is 0 Å². The molecule has 0 aromatic carbocycles. The van der Waals surface area contributed by atoms with Gasteiger partial charge in [0.15, 0.2) is 0 Å².